The van der Waals surface area contributed by atoms with Crippen LogP contribution in [0, 0.1) is 0 Å². The van der Waals surface area contributed by atoms with Crippen LogP contribution in [0.5, 0.6) is 0 Å². The van der Waals surface area contributed by atoms with Gasteiger partial charge in [0, 0.05) is 11.6 Å². The lowest BCUT2D eigenvalue weighted by Gasteiger charge is -2.26. The van der Waals surface area contributed by atoms with Gasteiger partial charge in [-0.15, -0.1) is 0 Å². The van der Waals surface area contributed by atoms with Crippen molar-refractivity contribution >= 4 is 41.0 Å². The largest absolute Gasteiger partial charge is 0.478 e. The minimum absolute atomic E-state index is 0.0763. The van der Waals surface area contributed by atoms with Crippen LogP contribution < -0.4 is 14.9 Å². The first-order valence-electron chi connectivity index (χ1n) is 14.1. The maximum absolute atomic E-state index is 14.0. The van der Waals surface area contributed by atoms with Crippen molar-refractivity contribution in [1.82, 2.24) is 4.57 Å². The number of carbonyl (C=O) groups is 2. The van der Waals surface area contributed by atoms with Crippen LogP contribution in [0.2, 0.25) is 5.02 Å². The molecule has 43 heavy (non-hydrogen) atoms. The highest BCUT2D eigenvalue weighted by atomic mass is 35.5. The molecule has 4 aromatic rings. The van der Waals surface area contributed by atoms with Crippen molar-refractivity contribution in [2.24, 2.45) is 4.99 Å². The molecule has 0 aliphatic carbocycles. The van der Waals surface area contributed by atoms with Crippen molar-refractivity contribution < 1.29 is 23.8 Å². The average molecular weight is 619 g/mol. The van der Waals surface area contributed by atoms with E-state index >= 15 is 0 Å². The highest BCUT2D eigenvalue weighted by Gasteiger charge is 2.34. The third kappa shape index (κ3) is 6.00. The van der Waals surface area contributed by atoms with Crippen LogP contribution in [0.3, 0.4) is 0 Å². The fourth-order valence-corrected chi connectivity index (χ4v) is 6.26. The number of ether oxygens (including phenoxy) is 1. The number of aromatic nitrogens is 1. The summed E-state index contributed by atoms with van der Waals surface area (Å²) in [7, 11) is 0. The van der Waals surface area contributed by atoms with Crippen molar-refractivity contribution in [3.63, 3.8) is 0 Å². The predicted molar refractivity (Wildman–Crippen MR) is 166 cm³/mol. The Bertz CT molecular complexity index is 1910. The number of nitrogens with zero attached hydrogens (tertiary/aromatic N) is 2. The Hall–Kier alpha value is -4.21. The lowest BCUT2D eigenvalue weighted by atomic mass is 9.92. The molecule has 0 amide bonds. The van der Waals surface area contributed by atoms with Crippen LogP contribution in [0.4, 0.5) is 0 Å². The van der Waals surface area contributed by atoms with Gasteiger partial charge < -0.3 is 14.3 Å². The number of aromatic carboxylic acids is 1. The number of halogens is 1. The van der Waals surface area contributed by atoms with E-state index in [0.29, 0.717) is 55.0 Å². The first kappa shape index (κ1) is 30.3. The first-order valence-corrected chi connectivity index (χ1v) is 15.3. The van der Waals surface area contributed by atoms with Crippen molar-refractivity contribution in [3.8, 4) is 11.3 Å². The molecule has 0 bridgehead atoms. The number of furan rings is 1. The van der Waals surface area contributed by atoms with E-state index in [-0.39, 0.29) is 17.7 Å². The normalized spacial score (nSPS) is 15.0. The van der Waals surface area contributed by atoms with Gasteiger partial charge in [-0.1, -0.05) is 74.4 Å². The molecular weight excluding hydrogens is 588 g/mol. The molecule has 8 nitrogen and oxygen atoms in total. The van der Waals surface area contributed by atoms with Crippen molar-refractivity contribution in [2.75, 3.05) is 6.61 Å². The second-order valence-corrected chi connectivity index (χ2v) is 11.9. The van der Waals surface area contributed by atoms with E-state index in [9.17, 15) is 19.5 Å². The number of esters is 1. The molecule has 2 aromatic heterocycles. The molecule has 0 saturated heterocycles. The highest BCUT2D eigenvalue weighted by molar-refractivity contribution is 7.07. The zero-order valence-corrected chi connectivity index (χ0v) is 25.8. The summed E-state index contributed by atoms with van der Waals surface area (Å²) in [5.74, 6) is -0.494. The van der Waals surface area contributed by atoms with E-state index in [1.807, 2.05) is 31.2 Å². The van der Waals surface area contributed by atoms with Gasteiger partial charge >= 0.3 is 11.9 Å². The molecule has 1 aliphatic heterocycles. The summed E-state index contributed by atoms with van der Waals surface area (Å²) < 4.78 is 13.4. The molecule has 0 spiro atoms. The number of carbonyl (C=O) groups excluding carboxylic acids is 1. The number of hydrogen-bond donors (Lipinski definition) is 1. The molecular formula is C33H31ClN2O6S. The molecule has 0 radical (unpaired) electrons. The topological polar surface area (TPSA) is 111 Å². The summed E-state index contributed by atoms with van der Waals surface area (Å²) in [6, 6.07) is 15.0. The Morgan fingerprint density at radius 1 is 1.14 bits per heavy atom. The summed E-state index contributed by atoms with van der Waals surface area (Å²) in [5.41, 5.74) is 3.10. The molecule has 1 atom stereocenters. The Labute approximate surface area is 257 Å². The number of hydrogen-bond acceptors (Lipinski definition) is 7. The van der Waals surface area contributed by atoms with Gasteiger partial charge in [0.05, 0.1) is 39.0 Å². The Kier molecular flexibility index (Phi) is 8.84. The monoisotopic (exact) mass is 618 g/mol. The number of allylic oxidation sites excluding steroid dienone is 1. The molecule has 2 aromatic carbocycles. The van der Waals surface area contributed by atoms with Gasteiger partial charge in [0.1, 0.15) is 11.5 Å². The predicted octanol–water partition coefficient (Wildman–Crippen LogP) is 6.31. The Morgan fingerprint density at radius 3 is 2.53 bits per heavy atom. The summed E-state index contributed by atoms with van der Waals surface area (Å²) in [6.07, 6.45) is 2.93. The van der Waals surface area contributed by atoms with Crippen LogP contribution in [-0.4, -0.2) is 28.2 Å². The lowest BCUT2D eigenvalue weighted by molar-refractivity contribution is -0.139. The van der Waals surface area contributed by atoms with Gasteiger partial charge in [0.25, 0.3) is 5.56 Å². The number of carboxylic acids is 1. The van der Waals surface area contributed by atoms with Crippen molar-refractivity contribution in [1.29, 1.82) is 0 Å². The standard InChI is InChI=1S/C33H31ClN2O6S/c1-5-7-25-28(32(40)41-6-2)29(20-10-8-19(9-11-20)18(3)4)36-30(37)27(43-33(36)35-25)17-22-13-15-26(42-22)23-16-21(31(38)39)12-14-24(23)34/h8-18,29H,5-7H2,1-4H3,(H,38,39)/b27-17-/t29-/m1/s1. The summed E-state index contributed by atoms with van der Waals surface area (Å²) in [4.78, 5) is 44.1. The molecule has 0 saturated carbocycles. The van der Waals surface area contributed by atoms with Crippen LogP contribution in [0.25, 0.3) is 17.4 Å². The molecule has 0 fully saturated rings. The number of benzene rings is 2. The Balaban J connectivity index is 1.66. The van der Waals surface area contributed by atoms with Crippen LogP contribution in [0.15, 0.2) is 80.1 Å². The maximum Gasteiger partial charge on any atom is 0.338 e. The number of carboxylic acid groups (broad SMARTS) is 1. The van der Waals surface area contributed by atoms with E-state index in [1.165, 1.54) is 29.5 Å². The highest BCUT2D eigenvalue weighted by Crippen LogP contribution is 2.34. The van der Waals surface area contributed by atoms with Crippen LogP contribution in [-0.2, 0) is 9.53 Å². The molecule has 1 N–H and O–H groups in total. The van der Waals surface area contributed by atoms with E-state index in [1.54, 1.807) is 29.7 Å². The van der Waals surface area contributed by atoms with E-state index in [4.69, 9.17) is 25.7 Å². The average Bonchev–Trinajstić information content (AvgIpc) is 3.56. The molecule has 0 unspecified atom stereocenters. The number of rotatable bonds is 9. The zero-order chi connectivity index (χ0) is 30.8. The number of thiazole rings is 1. The van der Waals surface area contributed by atoms with E-state index < -0.39 is 18.0 Å². The van der Waals surface area contributed by atoms with Gasteiger partial charge in [0.2, 0.25) is 0 Å². The minimum atomic E-state index is -1.08. The van der Waals surface area contributed by atoms with Crippen LogP contribution in [0.1, 0.15) is 79.7 Å². The summed E-state index contributed by atoms with van der Waals surface area (Å²) in [5, 5.41) is 9.71. The molecule has 222 valence electrons. The third-order valence-corrected chi connectivity index (χ3v) is 8.50. The molecule has 10 heteroatoms. The quantitative estimate of drug-likeness (QED) is 0.220. The van der Waals surface area contributed by atoms with Crippen molar-refractivity contribution in [2.45, 2.75) is 52.5 Å². The van der Waals surface area contributed by atoms with Gasteiger partial charge in [-0.2, -0.15) is 0 Å². The summed E-state index contributed by atoms with van der Waals surface area (Å²) >= 11 is 7.54. The van der Waals surface area contributed by atoms with Gasteiger partial charge in [-0.25, -0.2) is 14.6 Å². The fourth-order valence-electron chi connectivity index (χ4n) is 5.05. The van der Waals surface area contributed by atoms with Gasteiger partial charge in [-0.3, -0.25) is 9.36 Å². The van der Waals surface area contributed by atoms with Gasteiger partial charge in [0.15, 0.2) is 4.80 Å². The second-order valence-electron chi connectivity index (χ2n) is 10.4. The van der Waals surface area contributed by atoms with E-state index in [2.05, 4.69) is 13.8 Å². The van der Waals surface area contributed by atoms with Crippen LogP contribution >= 0.6 is 22.9 Å². The maximum atomic E-state index is 14.0. The van der Waals surface area contributed by atoms with Gasteiger partial charge in [-0.05, 0) is 60.7 Å². The Morgan fingerprint density at radius 2 is 1.88 bits per heavy atom. The smallest absolute Gasteiger partial charge is 0.338 e. The molecule has 1 aliphatic rings. The lowest BCUT2D eigenvalue weighted by Crippen LogP contribution is -2.40. The minimum Gasteiger partial charge on any atom is -0.478 e. The SMILES string of the molecule is CCCC1=C(C(=O)OCC)[C@@H](c2ccc(C(C)C)cc2)n2c(s/c(=C\c3ccc(-c4cc(C(=O)O)ccc4Cl)o3)c2=O)=N1. The fraction of sp³-hybridized carbons (Fsp3) is 0.273. The molecule has 5 rings (SSSR count). The zero-order valence-electron chi connectivity index (χ0n) is 24.2. The first-order chi connectivity index (χ1) is 20.6. The third-order valence-electron chi connectivity index (χ3n) is 7.19. The number of fused-ring (bicyclic) bond motifs is 1. The van der Waals surface area contributed by atoms with Crippen molar-refractivity contribution in [3.05, 3.63) is 113 Å². The second kappa shape index (κ2) is 12.6. The summed E-state index contributed by atoms with van der Waals surface area (Å²) in [6.45, 7) is 8.18. The molecule has 3 heterocycles. The van der Waals surface area contributed by atoms with E-state index in [0.717, 1.165) is 17.5 Å².